The molecule has 0 fully saturated rings. The molecule has 0 bridgehead atoms. The van der Waals surface area contributed by atoms with Gasteiger partial charge in [-0.25, -0.2) is 0 Å². The van der Waals surface area contributed by atoms with Crippen molar-refractivity contribution in [1.82, 2.24) is 10.1 Å². The van der Waals surface area contributed by atoms with Crippen LogP contribution in [0.25, 0.3) is 11.4 Å². The highest BCUT2D eigenvalue weighted by Gasteiger charge is 2.21. The van der Waals surface area contributed by atoms with Gasteiger partial charge in [-0.05, 0) is 30.7 Å². The van der Waals surface area contributed by atoms with Gasteiger partial charge in [-0.3, -0.25) is 0 Å². The van der Waals surface area contributed by atoms with Crippen LogP contribution in [0, 0.1) is 0 Å². The number of aliphatic hydroxyl groups is 1. The number of benzene rings is 1. The van der Waals surface area contributed by atoms with Gasteiger partial charge in [0, 0.05) is 10.6 Å². The summed E-state index contributed by atoms with van der Waals surface area (Å²) in [6.07, 6.45) is 0.184. The van der Waals surface area contributed by atoms with E-state index in [4.69, 9.17) is 16.1 Å². The maximum atomic E-state index is 9.75. The SMILES string of the molecule is CCC(O)C(C)c1nc(-c2ccc(Cl)cc2)no1. The zero-order chi connectivity index (χ0) is 13.1. The largest absolute Gasteiger partial charge is 0.392 e. The van der Waals surface area contributed by atoms with E-state index in [2.05, 4.69) is 10.1 Å². The summed E-state index contributed by atoms with van der Waals surface area (Å²) in [5.74, 6) is 0.801. The molecule has 5 heteroatoms. The Morgan fingerprint density at radius 3 is 2.61 bits per heavy atom. The van der Waals surface area contributed by atoms with E-state index in [-0.39, 0.29) is 5.92 Å². The van der Waals surface area contributed by atoms with Crippen LogP contribution in [0.2, 0.25) is 5.02 Å². The monoisotopic (exact) mass is 266 g/mol. The number of hydrogen-bond acceptors (Lipinski definition) is 4. The Balaban J connectivity index is 2.22. The van der Waals surface area contributed by atoms with Gasteiger partial charge in [0.2, 0.25) is 11.7 Å². The van der Waals surface area contributed by atoms with Crippen molar-refractivity contribution >= 4 is 11.6 Å². The Hall–Kier alpha value is -1.39. The third-order valence-corrected chi connectivity index (χ3v) is 3.18. The molecule has 0 aliphatic rings. The molecular formula is C13H15ClN2O2. The van der Waals surface area contributed by atoms with E-state index in [9.17, 15) is 5.11 Å². The average molecular weight is 267 g/mol. The lowest BCUT2D eigenvalue weighted by molar-refractivity contribution is 0.129. The minimum Gasteiger partial charge on any atom is -0.392 e. The fourth-order valence-corrected chi connectivity index (χ4v) is 1.78. The first-order valence-corrected chi connectivity index (χ1v) is 6.27. The van der Waals surface area contributed by atoms with Crippen molar-refractivity contribution < 1.29 is 9.63 Å². The molecule has 1 heterocycles. The Kier molecular flexibility index (Phi) is 3.99. The van der Waals surface area contributed by atoms with Crippen molar-refractivity contribution in [2.24, 2.45) is 0 Å². The van der Waals surface area contributed by atoms with Crippen molar-refractivity contribution in [2.45, 2.75) is 32.3 Å². The van der Waals surface area contributed by atoms with E-state index in [0.29, 0.717) is 23.2 Å². The molecular weight excluding hydrogens is 252 g/mol. The van der Waals surface area contributed by atoms with Crippen molar-refractivity contribution in [2.75, 3.05) is 0 Å². The number of aliphatic hydroxyl groups excluding tert-OH is 1. The van der Waals surface area contributed by atoms with Gasteiger partial charge in [0.25, 0.3) is 0 Å². The predicted molar refractivity (Wildman–Crippen MR) is 69.5 cm³/mol. The van der Waals surface area contributed by atoms with E-state index in [0.717, 1.165) is 5.56 Å². The molecule has 0 aliphatic heterocycles. The van der Waals surface area contributed by atoms with Crippen LogP contribution in [0.15, 0.2) is 28.8 Å². The summed E-state index contributed by atoms with van der Waals surface area (Å²) < 4.78 is 5.18. The highest BCUT2D eigenvalue weighted by atomic mass is 35.5. The Morgan fingerprint density at radius 1 is 1.33 bits per heavy atom. The van der Waals surface area contributed by atoms with Gasteiger partial charge in [0.1, 0.15) is 0 Å². The van der Waals surface area contributed by atoms with Crippen LogP contribution in [0.4, 0.5) is 0 Å². The summed E-state index contributed by atoms with van der Waals surface area (Å²) in [4.78, 5) is 4.30. The number of hydrogen-bond donors (Lipinski definition) is 1. The predicted octanol–water partition coefficient (Wildman–Crippen LogP) is 3.26. The fraction of sp³-hybridized carbons (Fsp3) is 0.385. The van der Waals surface area contributed by atoms with Crippen LogP contribution in [0.1, 0.15) is 32.1 Å². The van der Waals surface area contributed by atoms with Crippen LogP contribution < -0.4 is 0 Å². The van der Waals surface area contributed by atoms with Crippen molar-refractivity contribution in [3.63, 3.8) is 0 Å². The molecule has 0 radical (unpaired) electrons. The molecule has 0 aliphatic carbocycles. The highest BCUT2D eigenvalue weighted by Crippen LogP contribution is 2.23. The molecule has 0 saturated heterocycles. The summed E-state index contributed by atoms with van der Waals surface area (Å²) in [7, 11) is 0. The zero-order valence-corrected chi connectivity index (χ0v) is 11.1. The maximum absolute atomic E-state index is 9.75. The summed E-state index contributed by atoms with van der Waals surface area (Å²) in [6, 6.07) is 7.21. The third-order valence-electron chi connectivity index (χ3n) is 2.93. The van der Waals surface area contributed by atoms with Crippen LogP contribution in [0.3, 0.4) is 0 Å². The van der Waals surface area contributed by atoms with Crippen LogP contribution in [-0.2, 0) is 0 Å². The minimum atomic E-state index is -0.469. The third kappa shape index (κ3) is 2.71. The lowest BCUT2D eigenvalue weighted by Gasteiger charge is -2.11. The van der Waals surface area contributed by atoms with E-state index < -0.39 is 6.10 Å². The molecule has 2 aromatic rings. The minimum absolute atomic E-state index is 0.163. The van der Waals surface area contributed by atoms with Gasteiger partial charge in [-0.15, -0.1) is 0 Å². The quantitative estimate of drug-likeness (QED) is 0.923. The zero-order valence-electron chi connectivity index (χ0n) is 10.3. The van der Waals surface area contributed by atoms with Crippen molar-refractivity contribution in [1.29, 1.82) is 0 Å². The fourth-order valence-electron chi connectivity index (χ4n) is 1.65. The van der Waals surface area contributed by atoms with Gasteiger partial charge in [0.05, 0.1) is 12.0 Å². The van der Waals surface area contributed by atoms with E-state index in [1.165, 1.54) is 0 Å². The van der Waals surface area contributed by atoms with E-state index in [1.54, 1.807) is 12.1 Å². The Bertz CT molecular complexity index is 510. The van der Waals surface area contributed by atoms with E-state index in [1.807, 2.05) is 26.0 Å². The second kappa shape index (κ2) is 5.50. The summed E-state index contributed by atoms with van der Waals surface area (Å²) in [5, 5.41) is 14.3. The molecule has 4 nitrogen and oxygen atoms in total. The Labute approximate surface area is 111 Å². The average Bonchev–Trinajstić information content (AvgIpc) is 2.87. The van der Waals surface area contributed by atoms with Gasteiger partial charge in [0.15, 0.2) is 0 Å². The first-order chi connectivity index (χ1) is 8.61. The molecule has 0 amide bonds. The number of rotatable bonds is 4. The van der Waals surface area contributed by atoms with Gasteiger partial charge in [-0.2, -0.15) is 4.98 Å². The van der Waals surface area contributed by atoms with Gasteiger partial charge >= 0.3 is 0 Å². The summed E-state index contributed by atoms with van der Waals surface area (Å²) in [5.41, 5.74) is 0.840. The van der Waals surface area contributed by atoms with Crippen molar-refractivity contribution in [3.05, 3.63) is 35.2 Å². The summed E-state index contributed by atoms with van der Waals surface area (Å²) >= 11 is 5.82. The topological polar surface area (TPSA) is 59.2 Å². The highest BCUT2D eigenvalue weighted by molar-refractivity contribution is 6.30. The van der Waals surface area contributed by atoms with Gasteiger partial charge < -0.3 is 9.63 Å². The molecule has 1 aromatic carbocycles. The summed E-state index contributed by atoms with van der Waals surface area (Å²) in [6.45, 7) is 3.78. The standard InChI is InChI=1S/C13H15ClN2O2/c1-3-11(17)8(2)13-15-12(16-18-13)9-4-6-10(14)7-5-9/h4-8,11,17H,3H2,1-2H3. The first-order valence-electron chi connectivity index (χ1n) is 5.89. The maximum Gasteiger partial charge on any atom is 0.232 e. The normalized spacial score (nSPS) is 14.4. The second-order valence-electron chi connectivity index (χ2n) is 4.23. The lowest BCUT2D eigenvalue weighted by Crippen LogP contribution is -2.14. The second-order valence-corrected chi connectivity index (χ2v) is 4.66. The molecule has 2 unspecified atom stereocenters. The lowest BCUT2D eigenvalue weighted by atomic mass is 10.0. The molecule has 0 saturated carbocycles. The van der Waals surface area contributed by atoms with Crippen molar-refractivity contribution in [3.8, 4) is 11.4 Å². The molecule has 18 heavy (non-hydrogen) atoms. The van der Waals surface area contributed by atoms with E-state index >= 15 is 0 Å². The molecule has 1 N–H and O–H groups in total. The molecule has 2 rings (SSSR count). The van der Waals surface area contributed by atoms with Crippen LogP contribution in [0.5, 0.6) is 0 Å². The smallest absolute Gasteiger partial charge is 0.232 e. The Morgan fingerprint density at radius 2 is 2.00 bits per heavy atom. The van der Waals surface area contributed by atoms with Crippen LogP contribution in [-0.4, -0.2) is 21.4 Å². The molecule has 2 atom stereocenters. The first kappa shape index (κ1) is 13.1. The molecule has 1 aromatic heterocycles. The number of halogens is 1. The molecule has 0 spiro atoms. The van der Waals surface area contributed by atoms with Crippen LogP contribution >= 0.6 is 11.6 Å². The molecule has 96 valence electrons. The van der Waals surface area contributed by atoms with Gasteiger partial charge in [-0.1, -0.05) is 30.6 Å². The number of aromatic nitrogens is 2. The number of nitrogens with zero attached hydrogens (tertiary/aromatic N) is 2.